The molecule has 0 radical (unpaired) electrons. The molecule has 2 atom stereocenters. The maximum atomic E-state index is 13.6. The molecular formula is C30H30FN3O5. The van der Waals surface area contributed by atoms with E-state index in [4.69, 9.17) is 9.82 Å². The number of hydrogen-bond donors (Lipinski definition) is 3. The van der Waals surface area contributed by atoms with E-state index in [2.05, 4.69) is 5.16 Å². The molecule has 2 heterocycles. The molecule has 3 N–H and O–H groups in total. The zero-order valence-electron chi connectivity index (χ0n) is 21.5. The Morgan fingerprint density at radius 2 is 1.77 bits per heavy atom. The van der Waals surface area contributed by atoms with Crippen LogP contribution in [0.15, 0.2) is 82.7 Å². The highest BCUT2D eigenvalue weighted by atomic mass is 19.1. The monoisotopic (exact) mass is 531 g/mol. The first-order chi connectivity index (χ1) is 18.7. The first kappa shape index (κ1) is 26.7. The number of halogens is 1. The molecule has 8 nitrogen and oxygen atoms in total. The molecule has 0 fully saturated rings. The number of unbranched alkanes of at least 4 members (excludes halogenated alkanes) is 1. The minimum atomic E-state index is -1.39. The molecule has 2 unspecified atom stereocenters. The first-order valence-electron chi connectivity index (χ1n) is 12.9. The van der Waals surface area contributed by atoms with Gasteiger partial charge in [-0.25, -0.2) is 9.37 Å². The van der Waals surface area contributed by atoms with Crippen molar-refractivity contribution in [1.82, 2.24) is 9.55 Å². The van der Waals surface area contributed by atoms with Crippen molar-refractivity contribution in [3.8, 4) is 5.69 Å². The van der Waals surface area contributed by atoms with Gasteiger partial charge in [0.05, 0.1) is 22.3 Å². The van der Waals surface area contributed by atoms with Gasteiger partial charge in [-0.05, 0) is 68.1 Å². The third-order valence-electron chi connectivity index (χ3n) is 7.05. The summed E-state index contributed by atoms with van der Waals surface area (Å²) in [5.41, 5.74) is 1.84. The fourth-order valence-corrected chi connectivity index (χ4v) is 4.89. The molecule has 5 rings (SSSR count). The highest BCUT2D eigenvalue weighted by Gasteiger charge is 2.42. The summed E-state index contributed by atoms with van der Waals surface area (Å²) in [5.74, 6) is 0.0743. The number of fused-ring (bicyclic) bond motifs is 1. The van der Waals surface area contributed by atoms with Crippen LogP contribution in [-0.2, 0) is 11.3 Å². The fourth-order valence-electron chi connectivity index (χ4n) is 4.89. The second kappa shape index (κ2) is 11.1. The zero-order chi connectivity index (χ0) is 27.6. The van der Waals surface area contributed by atoms with E-state index in [1.807, 2.05) is 37.3 Å². The van der Waals surface area contributed by atoms with Crippen LogP contribution in [0.4, 0.5) is 4.39 Å². The fraction of sp³-hybridized carbons (Fsp3) is 0.300. The van der Waals surface area contributed by atoms with E-state index in [-0.39, 0.29) is 12.0 Å². The first-order valence-corrected chi connectivity index (χ1v) is 12.9. The predicted molar refractivity (Wildman–Crippen MR) is 145 cm³/mol. The standard InChI is InChI=1S/C30H30FN3O5/c1-30(28(37)19-7-3-2-4-8-19)18-25(33-39-30)20-11-16-23-24(17-20)32-26(9-5-6-10-27(35)36)34(29(23)38)22-14-12-21(31)13-15-22/h2-4,7-8,11-17,27-28,35-37H,5-6,9-10,18H2,1H3. The lowest BCUT2D eigenvalue weighted by atomic mass is 9.87. The van der Waals surface area contributed by atoms with Gasteiger partial charge in [-0.15, -0.1) is 0 Å². The molecule has 1 aliphatic heterocycles. The largest absolute Gasteiger partial charge is 0.386 e. The van der Waals surface area contributed by atoms with Crippen molar-refractivity contribution in [1.29, 1.82) is 0 Å². The van der Waals surface area contributed by atoms with Crippen LogP contribution >= 0.6 is 0 Å². The third kappa shape index (κ3) is 5.61. The lowest BCUT2D eigenvalue weighted by Crippen LogP contribution is -2.33. The molecular weight excluding hydrogens is 501 g/mol. The topological polar surface area (TPSA) is 117 Å². The molecule has 0 saturated heterocycles. The number of aliphatic hydroxyl groups is 3. The van der Waals surface area contributed by atoms with E-state index in [1.54, 1.807) is 18.2 Å². The van der Waals surface area contributed by atoms with Gasteiger partial charge >= 0.3 is 0 Å². The Bertz CT molecular complexity index is 1550. The summed E-state index contributed by atoms with van der Waals surface area (Å²) in [6.07, 6.45) is -0.186. The van der Waals surface area contributed by atoms with Crippen molar-refractivity contribution < 1.29 is 24.5 Å². The molecule has 0 aliphatic carbocycles. The van der Waals surface area contributed by atoms with Crippen molar-refractivity contribution in [2.45, 2.75) is 57.0 Å². The summed E-state index contributed by atoms with van der Waals surface area (Å²) >= 11 is 0. The van der Waals surface area contributed by atoms with Crippen molar-refractivity contribution in [3.63, 3.8) is 0 Å². The summed E-state index contributed by atoms with van der Waals surface area (Å²) in [6, 6.07) is 20.2. The maximum absolute atomic E-state index is 13.6. The molecule has 202 valence electrons. The second-order valence-corrected chi connectivity index (χ2v) is 10.0. The van der Waals surface area contributed by atoms with E-state index in [0.717, 1.165) is 11.1 Å². The lowest BCUT2D eigenvalue weighted by molar-refractivity contribution is -0.0950. The summed E-state index contributed by atoms with van der Waals surface area (Å²) in [7, 11) is 0. The van der Waals surface area contributed by atoms with Gasteiger partial charge in [0.1, 0.15) is 17.7 Å². The van der Waals surface area contributed by atoms with E-state index < -0.39 is 23.8 Å². The second-order valence-electron chi connectivity index (χ2n) is 10.0. The molecule has 1 aromatic heterocycles. The van der Waals surface area contributed by atoms with Crippen LogP contribution in [0.1, 0.15) is 55.7 Å². The number of aryl methyl sites for hydroxylation is 1. The number of aliphatic hydroxyl groups excluding tert-OH is 2. The van der Waals surface area contributed by atoms with E-state index in [0.29, 0.717) is 53.8 Å². The van der Waals surface area contributed by atoms with Gasteiger partial charge in [-0.3, -0.25) is 9.36 Å². The molecule has 0 saturated carbocycles. The van der Waals surface area contributed by atoms with Crippen LogP contribution in [-0.4, -0.2) is 42.5 Å². The predicted octanol–water partition coefficient (Wildman–Crippen LogP) is 4.17. The summed E-state index contributed by atoms with van der Waals surface area (Å²) < 4.78 is 15.1. The van der Waals surface area contributed by atoms with Gasteiger partial charge in [-0.2, -0.15) is 0 Å². The molecule has 0 amide bonds. The lowest BCUT2D eigenvalue weighted by Gasteiger charge is -2.27. The average molecular weight is 532 g/mol. The minimum absolute atomic E-state index is 0.214. The van der Waals surface area contributed by atoms with Gasteiger partial charge in [0.2, 0.25) is 0 Å². The van der Waals surface area contributed by atoms with Crippen LogP contribution in [0, 0.1) is 5.82 Å². The van der Waals surface area contributed by atoms with Crippen molar-refractivity contribution in [2.24, 2.45) is 5.16 Å². The van der Waals surface area contributed by atoms with E-state index in [9.17, 15) is 24.5 Å². The molecule has 39 heavy (non-hydrogen) atoms. The van der Waals surface area contributed by atoms with E-state index in [1.165, 1.54) is 28.8 Å². The quantitative estimate of drug-likeness (QED) is 0.221. The van der Waals surface area contributed by atoms with Crippen LogP contribution in [0.2, 0.25) is 0 Å². The van der Waals surface area contributed by atoms with Gasteiger partial charge in [0.15, 0.2) is 11.9 Å². The van der Waals surface area contributed by atoms with Crippen LogP contribution in [0.3, 0.4) is 0 Å². The van der Waals surface area contributed by atoms with Crippen LogP contribution in [0.5, 0.6) is 0 Å². The number of nitrogens with zero attached hydrogens (tertiary/aromatic N) is 3. The summed E-state index contributed by atoms with van der Waals surface area (Å²) in [6.45, 7) is 1.81. The molecule has 4 aromatic rings. The normalized spacial score (nSPS) is 17.8. The SMILES string of the molecule is CC1(C(O)c2ccccc2)CC(c2ccc3c(=O)n(-c4ccc(F)cc4)c(CCCCC(O)O)nc3c2)=NO1. The molecule has 0 spiro atoms. The van der Waals surface area contributed by atoms with Crippen molar-refractivity contribution in [2.75, 3.05) is 0 Å². The highest BCUT2D eigenvalue weighted by molar-refractivity contribution is 6.04. The highest BCUT2D eigenvalue weighted by Crippen LogP contribution is 2.37. The molecule has 3 aromatic carbocycles. The third-order valence-corrected chi connectivity index (χ3v) is 7.05. The maximum Gasteiger partial charge on any atom is 0.265 e. The molecule has 9 heteroatoms. The Morgan fingerprint density at radius 1 is 1.03 bits per heavy atom. The van der Waals surface area contributed by atoms with Gasteiger partial charge in [0.25, 0.3) is 5.56 Å². The zero-order valence-corrected chi connectivity index (χ0v) is 21.5. The van der Waals surface area contributed by atoms with Crippen LogP contribution < -0.4 is 5.56 Å². The van der Waals surface area contributed by atoms with Crippen molar-refractivity contribution in [3.05, 3.63) is 106 Å². The van der Waals surface area contributed by atoms with Gasteiger partial charge < -0.3 is 20.2 Å². The summed E-state index contributed by atoms with van der Waals surface area (Å²) in [5, 5.41) is 34.0. The Kier molecular flexibility index (Phi) is 7.56. The Hall–Kier alpha value is -3.92. The van der Waals surface area contributed by atoms with E-state index >= 15 is 0 Å². The van der Waals surface area contributed by atoms with Gasteiger partial charge in [-0.1, -0.05) is 41.6 Å². The Morgan fingerprint density at radius 3 is 2.49 bits per heavy atom. The number of oxime groups is 1. The summed E-state index contributed by atoms with van der Waals surface area (Å²) in [4.78, 5) is 24.2. The number of hydrogen-bond acceptors (Lipinski definition) is 7. The Balaban J connectivity index is 1.48. The van der Waals surface area contributed by atoms with Crippen molar-refractivity contribution >= 4 is 16.6 Å². The molecule has 0 bridgehead atoms. The minimum Gasteiger partial charge on any atom is -0.386 e. The smallest absolute Gasteiger partial charge is 0.265 e. The number of benzene rings is 3. The van der Waals surface area contributed by atoms with Crippen LogP contribution in [0.25, 0.3) is 16.6 Å². The van der Waals surface area contributed by atoms with Gasteiger partial charge in [0, 0.05) is 18.4 Å². The number of rotatable bonds is 9. The molecule has 1 aliphatic rings. The Labute approximate surface area is 224 Å². The average Bonchev–Trinajstić information content (AvgIpc) is 3.35. The number of aromatic nitrogens is 2.